The third kappa shape index (κ3) is 8.62. The molecule has 0 aliphatic heterocycles. The minimum absolute atomic E-state index is 0.0428. The maximum Gasteiger partial charge on any atom is 0.307 e. The van der Waals surface area contributed by atoms with Crippen LogP contribution in [0, 0.1) is 6.92 Å². The molecule has 0 saturated heterocycles. The summed E-state index contributed by atoms with van der Waals surface area (Å²) < 4.78 is 27.4. The number of ether oxygens (including phenoxy) is 1. The van der Waals surface area contributed by atoms with Gasteiger partial charge in [0.05, 0.1) is 13.5 Å². The van der Waals surface area contributed by atoms with Crippen molar-refractivity contribution in [3.63, 3.8) is 0 Å². The quantitative estimate of drug-likeness (QED) is 0.348. The van der Waals surface area contributed by atoms with Crippen LogP contribution in [0.5, 0.6) is 5.75 Å². The molecular weight excluding hydrogens is 444 g/mol. The maximum absolute atomic E-state index is 11.2. The molecule has 0 fully saturated rings. The molecule has 182 valence electrons. The number of aromatic nitrogens is 2. The summed E-state index contributed by atoms with van der Waals surface area (Å²) in [6, 6.07) is 5.37. The Morgan fingerprint density at radius 2 is 2.03 bits per heavy atom. The molecule has 2 atom stereocenters. The van der Waals surface area contributed by atoms with Crippen LogP contribution in [0.25, 0.3) is 0 Å². The lowest BCUT2D eigenvalue weighted by Gasteiger charge is -2.22. The molecule has 1 unspecified atom stereocenters. The number of anilines is 2. The molecule has 0 aliphatic carbocycles. The van der Waals surface area contributed by atoms with Crippen LogP contribution in [0.1, 0.15) is 61.4 Å². The van der Waals surface area contributed by atoms with Crippen LogP contribution in [0.4, 0.5) is 11.8 Å². The van der Waals surface area contributed by atoms with Crippen molar-refractivity contribution >= 4 is 28.8 Å². The Morgan fingerprint density at radius 1 is 1.30 bits per heavy atom. The van der Waals surface area contributed by atoms with Gasteiger partial charge in [-0.05, 0) is 43.4 Å². The molecular formula is C23H33N4O5S-. The number of benzene rings is 1. The van der Waals surface area contributed by atoms with Crippen molar-refractivity contribution in [3.8, 4) is 5.75 Å². The van der Waals surface area contributed by atoms with Gasteiger partial charge in [0.25, 0.3) is 0 Å². The van der Waals surface area contributed by atoms with Crippen molar-refractivity contribution in [3.05, 3.63) is 40.6 Å². The highest BCUT2D eigenvalue weighted by molar-refractivity contribution is 7.79. The van der Waals surface area contributed by atoms with Gasteiger partial charge in [-0.3, -0.25) is 9.00 Å². The van der Waals surface area contributed by atoms with Gasteiger partial charge in [0.2, 0.25) is 5.95 Å². The Hall–Kier alpha value is -2.72. The lowest BCUT2D eigenvalue weighted by molar-refractivity contribution is -0.136. The van der Waals surface area contributed by atoms with Crippen molar-refractivity contribution in [2.24, 2.45) is 0 Å². The molecule has 9 nitrogen and oxygen atoms in total. The summed E-state index contributed by atoms with van der Waals surface area (Å²) in [7, 11) is 1.57. The van der Waals surface area contributed by atoms with Gasteiger partial charge in [-0.2, -0.15) is 4.98 Å². The van der Waals surface area contributed by atoms with Gasteiger partial charge in [0.1, 0.15) is 11.6 Å². The normalized spacial score (nSPS) is 12.8. The molecule has 10 heteroatoms. The molecule has 0 amide bonds. The van der Waals surface area contributed by atoms with Gasteiger partial charge in [-0.15, -0.1) is 0 Å². The second-order valence-electron chi connectivity index (χ2n) is 8.02. The third-order valence-electron chi connectivity index (χ3n) is 5.41. The van der Waals surface area contributed by atoms with Crippen LogP contribution in [0.15, 0.2) is 18.2 Å². The fraction of sp³-hybridized carbons (Fsp3) is 0.522. The summed E-state index contributed by atoms with van der Waals surface area (Å²) >= 11 is -2.06. The van der Waals surface area contributed by atoms with Crippen LogP contribution in [0.3, 0.4) is 0 Å². The van der Waals surface area contributed by atoms with E-state index in [9.17, 15) is 13.6 Å². The first-order valence-corrected chi connectivity index (χ1v) is 12.3. The Bertz CT molecular complexity index is 970. The Balaban J connectivity index is 2.36. The number of nitrogens with one attached hydrogen (secondary N) is 1. The third-order valence-corrected chi connectivity index (χ3v) is 6.03. The average molecular weight is 478 g/mol. The molecule has 0 aliphatic rings. The number of nitrogen functional groups attached to an aromatic ring is 1. The highest BCUT2D eigenvalue weighted by Gasteiger charge is 2.18. The predicted octanol–water partition coefficient (Wildman–Crippen LogP) is 3.22. The highest BCUT2D eigenvalue weighted by atomic mass is 32.2. The van der Waals surface area contributed by atoms with E-state index in [0.29, 0.717) is 42.1 Å². The highest BCUT2D eigenvalue weighted by Crippen LogP contribution is 2.29. The van der Waals surface area contributed by atoms with E-state index in [0.717, 1.165) is 30.4 Å². The van der Waals surface area contributed by atoms with E-state index in [4.69, 9.17) is 15.6 Å². The lowest BCUT2D eigenvalue weighted by atomic mass is 9.99. The van der Waals surface area contributed by atoms with Crippen molar-refractivity contribution in [2.75, 3.05) is 23.9 Å². The summed E-state index contributed by atoms with van der Waals surface area (Å²) in [5.41, 5.74) is 8.99. The first-order chi connectivity index (χ1) is 15.7. The summed E-state index contributed by atoms with van der Waals surface area (Å²) in [4.78, 5) is 19.9. The molecule has 0 radical (unpaired) electrons. The summed E-state index contributed by atoms with van der Waals surface area (Å²) in [5.74, 6) is 0.621. The van der Waals surface area contributed by atoms with Crippen LogP contribution >= 0.6 is 0 Å². The van der Waals surface area contributed by atoms with E-state index in [2.05, 4.69) is 22.2 Å². The first-order valence-electron chi connectivity index (χ1n) is 11.1. The number of carboxylic acids is 1. The number of unbranched alkanes of at least 4 members (excludes halogenated alkanes) is 1. The lowest BCUT2D eigenvalue weighted by Crippen LogP contribution is -2.23. The number of methoxy groups -OCH3 is 1. The second kappa shape index (κ2) is 13.1. The van der Waals surface area contributed by atoms with Gasteiger partial charge < -0.3 is 25.4 Å². The van der Waals surface area contributed by atoms with E-state index in [-0.39, 0.29) is 24.2 Å². The number of aryl methyl sites for hydroxylation is 1. The average Bonchev–Trinajstić information content (AvgIpc) is 2.73. The maximum atomic E-state index is 11.2. The summed E-state index contributed by atoms with van der Waals surface area (Å²) in [5, 5.41) is 12.6. The zero-order chi connectivity index (χ0) is 24.4. The zero-order valence-corrected chi connectivity index (χ0v) is 20.2. The Morgan fingerprint density at radius 3 is 2.67 bits per heavy atom. The van der Waals surface area contributed by atoms with E-state index in [1.165, 1.54) is 0 Å². The molecule has 1 heterocycles. The predicted molar refractivity (Wildman–Crippen MR) is 128 cm³/mol. The largest absolute Gasteiger partial charge is 0.772 e. The Labute approximate surface area is 197 Å². The van der Waals surface area contributed by atoms with Crippen molar-refractivity contribution in [1.29, 1.82) is 0 Å². The number of nitrogens with zero attached hydrogens (tertiary/aromatic N) is 2. The minimum Gasteiger partial charge on any atom is -0.772 e. The van der Waals surface area contributed by atoms with E-state index < -0.39 is 17.0 Å². The molecule has 4 N–H and O–H groups in total. The zero-order valence-electron chi connectivity index (χ0n) is 19.4. The standard InChI is InChI=1S/C23H34N4O5S/c1-4-5-7-18(8-6-11-33(30)31)26-22-19(15(2)25-23(24)27-22)14-17-12-16(13-21(28)29)9-10-20(17)32-3/h9-10,12,18H,4-8,11,13-14H2,1-3H3,(H,28,29)(H,30,31)(H3,24,25,26,27)/p-1/t18-/m0/s1. The van der Waals surface area contributed by atoms with Crippen LogP contribution in [-0.4, -0.2) is 48.7 Å². The van der Waals surface area contributed by atoms with Crippen LogP contribution < -0.4 is 15.8 Å². The van der Waals surface area contributed by atoms with Gasteiger partial charge in [0, 0.05) is 29.5 Å². The molecule has 2 aromatic rings. The molecule has 33 heavy (non-hydrogen) atoms. The molecule has 2 rings (SSSR count). The number of hydrogen-bond donors (Lipinski definition) is 3. The van der Waals surface area contributed by atoms with Crippen LogP contribution in [0.2, 0.25) is 0 Å². The fourth-order valence-electron chi connectivity index (χ4n) is 3.77. The van der Waals surface area contributed by atoms with Crippen LogP contribution in [-0.2, 0) is 28.7 Å². The summed E-state index contributed by atoms with van der Waals surface area (Å²) in [6.45, 7) is 3.96. The van der Waals surface area contributed by atoms with Crippen molar-refractivity contribution in [1.82, 2.24) is 9.97 Å². The van der Waals surface area contributed by atoms with Crippen molar-refractivity contribution in [2.45, 2.75) is 64.8 Å². The molecule has 0 saturated carbocycles. The molecule has 1 aromatic carbocycles. The SMILES string of the molecule is CCCC[C@@H](CCCS(=O)[O-])Nc1nc(N)nc(C)c1Cc1cc(CC(=O)O)ccc1OC. The smallest absolute Gasteiger partial charge is 0.307 e. The number of rotatable bonds is 14. The van der Waals surface area contributed by atoms with E-state index in [1.54, 1.807) is 19.2 Å². The monoisotopic (exact) mass is 477 g/mol. The van der Waals surface area contributed by atoms with Gasteiger partial charge >= 0.3 is 5.97 Å². The van der Waals surface area contributed by atoms with Gasteiger partial charge in [0.15, 0.2) is 0 Å². The molecule has 1 aromatic heterocycles. The van der Waals surface area contributed by atoms with Gasteiger partial charge in [-0.1, -0.05) is 43.0 Å². The van der Waals surface area contributed by atoms with Crippen molar-refractivity contribution < 1.29 is 23.4 Å². The number of hydrogen-bond acceptors (Lipinski definition) is 8. The van der Waals surface area contributed by atoms with Gasteiger partial charge in [-0.25, -0.2) is 4.98 Å². The number of nitrogens with two attached hydrogens (primary N) is 1. The molecule has 0 bridgehead atoms. The number of aliphatic carboxylic acids is 1. The first kappa shape index (κ1) is 26.5. The topological polar surface area (TPSA) is 150 Å². The van der Waals surface area contributed by atoms with E-state index in [1.807, 2.05) is 13.0 Å². The Kier molecular flexibility index (Phi) is 10.5. The molecule has 0 spiro atoms. The number of carbonyl (C=O) groups is 1. The fourth-order valence-corrected chi connectivity index (χ4v) is 4.18. The number of carboxylic acid groups (broad SMARTS) is 1. The van der Waals surface area contributed by atoms with E-state index >= 15 is 0 Å². The summed E-state index contributed by atoms with van der Waals surface area (Å²) in [6.07, 6.45) is 4.48. The minimum atomic E-state index is -2.06. The second-order valence-corrected chi connectivity index (χ2v) is 9.04.